The fourth-order valence-corrected chi connectivity index (χ4v) is 20.4. The van der Waals surface area contributed by atoms with Crippen LogP contribution in [0.5, 0.6) is 0 Å². The molecule has 24 rings (SSSR count). The fraction of sp³-hybridized carbons (Fsp3) is 0.0656. The molecule has 0 amide bonds. The third-order valence-corrected chi connectivity index (χ3v) is 26.2. The first-order valence-corrected chi connectivity index (χ1v) is 43.7. The predicted octanol–water partition coefficient (Wildman–Crippen LogP) is 33.8. The molecular formula is C122H91N3. The van der Waals surface area contributed by atoms with Crippen LogP contribution in [0.3, 0.4) is 0 Å². The van der Waals surface area contributed by atoms with Crippen molar-refractivity contribution < 1.29 is 0 Å². The lowest BCUT2D eigenvalue weighted by Gasteiger charge is -2.23. The number of para-hydroxylation sites is 6. The Morgan fingerprint density at radius 3 is 0.808 bits per heavy atom. The van der Waals surface area contributed by atoms with Gasteiger partial charge in [-0.25, -0.2) is 0 Å². The summed E-state index contributed by atoms with van der Waals surface area (Å²) in [5, 5.41) is 23.2. The highest BCUT2D eigenvalue weighted by Crippen LogP contribution is 2.51. The lowest BCUT2D eigenvalue weighted by atomic mass is 9.81. The van der Waals surface area contributed by atoms with E-state index >= 15 is 0 Å². The molecule has 21 aromatic carbocycles. The van der Waals surface area contributed by atoms with Crippen molar-refractivity contribution in [1.29, 1.82) is 0 Å². The van der Waals surface area contributed by atoms with E-state index in [2.05, 4.69) is 487 Å². The maximum absolute atomic E-state index is 2.44. The van der Waals surface area contributed by atoms with E-state index in [-0.39, 0.29) is 5.41 Å². The number of hydrogen-bond acceptors (Lipinski definition) is 0. The first-order chi connectivity index (χ1) is 61.4. The van der Waals surface area contributed by atoms with Crippen LogP contribution in [-0.4, -0.2) is 13.7 Å². The summed E-state index contributed by atoms with van der Waals surface area (Å²) in [5.74, 6) is 0. The molecule has 24 aromatic rings. The maximum Gasteiger partial charge on any atom is 0.0541 e. The van der Waals surface area contributed by atoms with Crippen LogP contribution in [0, 0.1) is 27.7 Å². The molecule has 3 aromatic heterocycles. The van der Waals surface area contributed by atoms with Gasteiger partial charge >= 0.3 is 0 Å². The van der Waals surface area contributed by atoms with E-state index in [1.54, 1.807) is 0 Å². The molecule has 0 unspecified atom stereocenters. The first kappa shape index (κ1) is 75.8. The largest absolute Gasteiger partial charge is 0.309 e. The van der Waals surface area contributed by atoms with E-state index in [9.17, 15) is 0 Å². The van der Waals surface area contributed by atoms with E-state index in [1.807, 2.05) is 0 Å². The summed E-state index contributed by atoms with van der Waals surface area (Å²) in [4.78, 5) is 0. The summed E-state index contributed by atoms with van der Waals surface area (Å²) in [5.41, 5.74) is 32.9. The average molecular weight is 1600 g/mol. The molecule has 0 fully saturated rings. The second-order valence-electron chi connectivity index (χ2n) is 34.7. The lowest BCUT2D eigenvalue weighted by Crippen LogP contribution is -2.10. The number of hydrogen-bond donors (Lipinski definition) is 0. The van der Waals surface area contributed by atoms with E-state index in [4.69, 9.17) is 0 Å². The van der Waals surface area contributed by atoms with Crippen LogP contribution in [0.4, 0.5) is 0 Å². The van der Waals surface area contributed by atoms with Crippen molar-refractivity contribution in [3.63, 3.8) is 0 Å². The first-order valence-electron chi connectivity index (χ1n) is 43.7. The quantitative estimate of drug-likeness (QED) is 0.128. The Hall–Kier alpha value is -15.4. The SMILES string of the molecule is Cc1cc(-n2c3ccccc3c3ccccc32)c(C)cc1-c1c2ccccc2c(-c2ccccc2)c2ccccc12.Cc1cc(-n2c3ccccc3c3ccccc32)ccc1-c1c2ccccc2c(-c2ccccc2)c2ccccc12.Cc1ccc(-c2c3ccccc3c(-c3ccc(-n4c5ccccc5c5ccccc54)cc3)c3ccc(C(C)(C)C)cc23)cc1. The van der Waals surface area contributed by atoms with Gasteiger partial charge in [-0.3, -0.25) is 0 Å². The van der Waals surface area contributed by atoms with Gasteiger partial charge in [-0.2, -0.15) is 0 Å². The van der Waals surface area contributed by atoms with E-state index in [0.717, 1.165) is 0 Å². The Labute approximate surface area is 728 Å². The summed E-state index contributed by atoms with van der Waals surface area (Å²) in [6, 6.07) is 155. The summed E-state index contributed by atoms with van der Waals surface area (Å²) in [6.45, 7) is 15.8. The molecule has 3 heterocycles. The van der Waals surface area contributed by atoms with Crippen LogP contribution in [-0.2, 0) is 5.41 Å². The van der Waals surface area contributed by atoms with Gasteiger partial charge in [0, 0.05) is 49.4 Å². The Bertz CT molecular complexity index is 8120. The molecule has 0 aliphatic heterocycles. The second-order valence-corrected chi connectivity index (χ2v) is 34.7. The fourth-order valence-electron chi connectivity index (χ4n) is 20.4. The monoisotopic (exact) mass is 1600 g/mol. The van der Waals surface area contributed by atoms with Crippen LogP contribution in [0.2, 0.25) is 0 Å². The van der Waals surface area contributed by atoms with Gasteiger partial charge in [-0.05, 0) is 266 Å². The minimum Gasteiger partial charge on any atom is -0.309 e. The molecule has 0 N–H and O–H groups in total. The van der Waals surface area contributed by atoms with Gasteiger partial charge in [0.25, 0.3) is 0 Å². The zero-order chi connectivity index (χ0) is 84.1. The van der Waals surface area contributed by atoms with Gasteiger partial charge in [-0.1, -0.05) is 372 Å². The average Bonchev–Trinajstić information content (AvgIpc) is 1.48. The van der Waals surface area contributed by atoms with E-state index in [1.165, 1.54) is 242 Å². The standard InChI is InChI=1S/C43H35N.C40H29N.C39H27N/c1-28-17-19-29(20-18-28)42-36-14-6-5-13-35(36)41(37-26-23-31(27-38(37)42)43(2,3)4)30-21-24-32(25-22-30)44-39-15-9-7-11-33(39)34-12-8-10-16-40(34)44;1-26-25-38(41-36-22-12-10-16-29(36)30-17-11-13-23-37(30)41)27(2)24-35(26)40-33-20-8-6-18-31(33)39(28-14-4-3-5-15-28)32-19-7-9-21-34(32)40;1-26-25-28(40-36-21-11-9-15-30(36)31-16-10-12-22-37(31)40)23-24-29(26)39-34-19-7-5-17-32(34)38(27-13-3-2-4-14-27)33-18-6-8-20-35(33)39/h5-27H,1-4H3;3-25H,1-2H3;2-25H,1H3. The van der Waals surface area contributed by atoms with Crippen molar-refractivity contribution in [2.45, 2.75) is 53.9 Å². The molecule has 0 atom stereocenters. The smallest absolute Gasteiger partial charge is 0.0541 e. The molecule has 0 aliphatic rings. The normalized spacial score (nSPS) is 11.8. The van der Waals surface area contributed by atoms with Gasteiger partial charge in [0.1, 0.15) is 0 Å². The molecule has 3 heteroatoms. The zero-order valence-corrected chi connectivity index (χ0v) is 71.3. The van der Waals surface area contributed by atoms with Gasteiger partial charge in [0.15, 0.2) is 0 Å². The lowest BCUT2D eigenvalue weighted by molar-refractivity contribution is 0.591. The molecule has 125 heavy (non-hydrogen) atoms. The summed E-state index contributed by atoms with van der Waals surface area (Å²) < 4.78 is 7.22. The zero-order valence-electron chi connectivity index (χ0n) is 71.3. The van der Waals surface area contributed by atoms with Crippen molar-refractivity contribution in [3.05, 3.63) is 452 Å². The molecule has 0 radical (unpaired) electrons. The number of fused-ring (bicyclic) bond motifs is 15. The highest BCUT2D eigenvalue weighted by Gasteiger charge is 2.26. The molecule has 0 spiro atoms. The Morgan fingerprint density at radius 2 is 0.448 bits per heavy atom. The number of aromatic nitrogens is 3. The van der Waals surface area contributed by atoms with Crippen LogP contribution >= 0.6 is 0 Å². The van der Waals surface area contributed by atoms with Gasteiger partial charge in [-0.15, -0.1) is 0 Å². The molecule has 594 valence electrons. The van der Waals surface area contributed by atoms with Crippen molar-refractivity contribution in [1.82, 2.24) is 13.7 Å². The third kappa shape index (κ3) is 12.9. The Morgan fingerprint density at radius 1 is 0.176 bits per heavy atom. The molecular weight excluding hydrogens is 1510 g/mol. The molecule has 0 bridgehead atoms. The Balaban J connectivity index is 0.000000111. The van der Waals surface area contributed by atoms with Crippen LogP contribution in [0.15, 0.2) is 425 Å². The van der Waals surface area contributed by atoms with Crippen molar-refractivity contribution in [3.8, 4) is 83.8 Å². The molecule has 3 nitrogen and oxygen atoms in total. The van der Waals surface area contributed by atoms with Crippen molar-refractivity contribution >= 4 is 130 Å². The number of benzene rings is 21. The molecule has 0 aliphatic carbocycles. The summed E-state index contributed by atoms with van der Waals surface area (Å²) >= 11 is 0. The van der Waals surface area contributed by atoms with Gasteiger partial charge < -0.3 is 13.7 Å². The highest BCUT2D eigenvalue weighted by molar-refractivity contribution is 6.25. The third-order valence-electron chi connectivity index (χ3n) is 26.2. The van der Waals surface area contributed by atoms with Crippen molar-refractivity contribution in [2.24, 2.45) is 0 Å². The summed E-state index contributed by atoms with van der Waals surface area (Å²) in [7, 11) is 0. The maximum atomic E-state index is 2.44. The predicted molar refractivity (Wildman–Crippen MR) is 538 cm³/mol. The van der Waals surface area contributed by atoms with Crippen LogP contribution in [0.1, 0.15) is 48.6 Å². The van der Waals surface area contributed by atoms with E-state index in [0.29, 0.717) is 0 Å². The summed E-state index contributed by atoms with van der Waals surface area (Å²) in [6.07, 6.45) is 0. The van der Waals surface area contributed by atoms with Crippen LogP contribution in [0.25, 0.3) is 214 Å². The molecule has 0 saturated carbocycles. The minimum absolute atomic E-state index is 0.0501. The topological polar surface area (TPSA) is 14.8 Å². The number of nitrogens with zero attached hydrogens (tertiary/aromatic N) is 3. The van der Waals surface area contributed by atoms with Crippen molar-refractivity contribution in [2.75, 3.05) is 0 Å². The van der Waals surface area contributed by atoms with E-state index < -0.39 is 0 Å². The number of rotatable bonds is 9. The van der Waals surface area contributed by atoms with Crippen LogP contribution < -0.4 is 0 Å². The second kappa shape index (κ2) is 30.9. The molecule has 0 saturated heterocycles. The van der Waals surface area contributed by atoms with Gasteiger partial charge in [0.05, 0.1) is 33.1 Å². The van der Waals surface area contributed by atoms with Gasteiger partial charge in [0.2, 0.25) is 0 Å². The number of aryl methyl sites for hydroxylation is 4. The highest BCUT2D eigenvalue weighted by atomic mass is 15.0. The Kier molecular flexibility index (Phi) is 18.7. The minimum atomic E-state index is 0.0501.